The van der Waals surface area contributed by atoms with Crippen LogP contribution in [0.25, 0.3) is 99.3 Å². The first kappa shape index (κ1) is 32.5. The Kier molecular flexibility index (Phi) is 6.48. The number of rotatable bonds is 4. The summed E-state index contributed by atoms with van der Waals surface area (Å²) in [6.07, 6.45) is 4.38. The van der Waals surface area contributed by atoms with Crippen molar-refractivity contribution in [1.29, 1.82) is 0 Å². The van der Waals surface area contributed by atoms with E-state index in [4.69, 9.17) is 0 Å². The van der Waals surface area contributed by atoms with Gasteiger partial charge < -0.3 is 18.3 Å². The third-order valence-electron chi connectivity index (χ3n) is 13.2. The van der Waals surface area contributed by atoms with Gasteiger partial charge in [0.25, 0.3) is 0 Å². The van der Waals surface area contributed by atoms with E-state index in [2.05, 4.69) is 227 Å². The molecule has 4 nitrogen and oxygen atoms in total. The Labute approximate surface area is 341 Å². The Bertz CT molecular complexity index is 3440. The number of benzene rings is 8. The van der Waals surface area contributed by atoms with E-state index in [9.17, 15) is 0 Å². The molecule has 59 heavy (non-hydrogen) atoms. The summed E-state index contributed by atoms with van der Waals surface area (Å²) < 4.78 is 9.54. The first-order valence-electron chi connectivity index (χ1n) is 20.5. The Morgan fingerprint density at radius 2 is 0.746 bits per heavy atom. The molecule has 0 atom stereocenters. The van der Waals surface area contributed by atoms with Gasteiger partial charge in [-0.05, 0) is 119 Å². The highest BCUT2D eigenvalue weighted by molar-refractivity contribution is 6.15. The molecule has 0 spiro atoms. The zero-order valence-corrected chi connectivity index (χ0v) is 32.8. The van der Waals surface area contributed by atoms with Crippen molar-refractivity contribution in [1.82, 2.24) is 18.3 Å². The quantitative estimate of drug-likeness (QED) is 0.170. The molecular weight excluding hydrogens is 717 g/mol. The minimum absolute atomic E-state index is 0.214. The summed E-state index contributed by atoms with van der Waals surface area (Å²) in [6.45, 7) is 4.79. The molecule has 12 aromatic rings. The topological polar surface area (TPSA) is 19.7 Å². The van der Waals surface area contributed by atoms with Crippen molar-refractivity contribution in [2.24, 2.45) is 0 Å². The molecule has 0 bridgehead atoms. The number of hydrogen-bond donors (Lipinski definition) is 0. The van der Waals surface area contributed by atoms with Crippen molar-refractivity contribution in [2.45, 2.75) is 19.3 Å². The summed E-state index contributed by atoms with van der Waals surface area (Å²) >= 11 is 0. The van der Waals surface area contributed by atoms with Gasteiger partial charge in [-0.3, -0.25) is 0 Å². The van der Waals surface area contributed by atoms with Crippen molar-refractivity contribution in [3.63, 3.8) is 0 Å². The standard InChI is InChI=1S/C55H38N4/c1-55(2)47-31-39(58-49-19-11-9-17-43(49)45-33-51-35(29-53(45)58)25-27-56(51)37-13-5-3-6-14-37)21-23-41(47)42-24-22-40(32-48(42)55)59-50-20-12-10-18-44(50)46-34-52-36(30-54(46)59)26-28-57(52)38-15-7-4-8-16-38/h3-34H,1-2H3. The van der Waals surface area contributed by atoms with E-state index in [1.807, 2.05) is 0 Å². The highest BCUT2D eigenvalue weighted by Crippen LogP contribution is 2.51. The number of hydrogen-bond acceptors (Lipinski definition) is 0. The molecular formula is C55H38N4. The maximum Gasteiger partial charge on any atom is 0.0548 e. The van der Waals surface area contributed by atoms with Gasteiger partial charge in [0.15, 0.2) is 0 Å². The van der Waals surface area contributed by atoms with E-state index in [1.54, 1.807) is 0 Å². The van der Waals surface area contributed by atoms with E-state index in [-0.39, 0.29) is 5.41 Å². The monoisotopic (exact) mass is 754 g/mol. The lowest BCUT2D eigenvalue weighted by Crippen LogP contribution is -2.16. The summed E-state index contributed by atoms with van der Waals surface area (Å²) in [5.74, 6) is 0. The lowest BCUT2D eigenvalue weighted by molar-refractivity contribution is 0.659. The normalized spacial score (nSPS) is 13.4. The van der Waals surface area contributed by atoms with Crippen molar-refractivity contribution < 1.29 is 0 Å². The molecule has 8 aromatic carbocycles. The molecule has 4 heteroatoms. The fraction of sp³-hybridized carbons (Fsp3) is 0.0545. The van der Waals surface area contributed by atoms with Crippen LogP contribution < -0.4 is 0 Å². The summed E-state index contributed by atoms with van der Waals surface area (Å²) in [7, 11) is 0. The lowest BCUT2D eigenvalue weighted by Gasteiger charge is -2.23. The van der Waals surface area contributed by atoms with Crippen LogP contribution in [0.5, 0.6) is 0 Å². The summed E-state index contributed by atoms with van der Waals surface area (Å²) in [6, 6.07) is 67.2. The summed E-state index contributed by atoms with van der Waals surface area (Å²) in [5, 5.41) is 7.50. The summed E-state index contributed by atoms with van der Waals surface area (Å²) in [5.41, 5.74) is 17.2. The largest absolute Gasteiger partial charge is 0.317 e. The second kappa shape index (κ2) is 11.7. The van der Waals surface area contributed by atoms with Gasteiger partial charge in [-0.25, -0.2) is 0 Å². The van der Waals surface area contributed by atoms with Crippen molar-refractivity contribution in [2.75, 3.05) is 0 Å². The fourth-order valence-corrected chi connectivity index (χ4v) is 10.4. The van der Waals surface area contributed by atoms with Crippen LogP contribution in [0.3, 0.4) is 0 Å². The predicted octanol–water partition coefficient (Wildman–Crippen LogP) is 14.1. The summed E-state index contributed by atoms with van der Waals surface area (Å²) in [4.78, 5) is 0. The molecule has 0 radical (unpaired) electrons. The van der Waals surface area contributed by atoms with Crippen molar-refractivity contribution in [3.8, 4) is 33.9 Å². The maximum absolute atomic E-state index is 2.47. The molecule has 0 unspecified atom stereocenters. The van der Waals surface area contributed by atoms with Gasteiger partial charge in [0.2, 0.25) is 0 Å². The molecule has 278 valence electrons. The van der Waals surface area contributed by atoms with Crippen molar-refractivity contribution in [3.05, 3.63) is 206 Å². The first-order chi connectivity index (χ1) is 29.0. The molecule has 0 saturated heterocycles. The van der Waals surface area contributed by atoms with E-state index in [1.165, 1.54) is 110 Å². The smallest absolute Gasteiger partial charge is 0.0548 e. The number of fused-ring (bicyclic) bond motifs is 11. The minimum Gasteiger partial charge on any atom is -0.317 e. The fourth-order valence-electron chi connectivity index (χ4n) is 10.4. The maximum atomic E-state index is 2.47. The third-order valence-corrected chi connectivity index (χ3v) is 13.2. The molecule has 1 aliphatic rings. The number of para-hydroxylation sites is 4. The molecule has 4 aromatic heterocycles. The Balaban J connectivity index is 0.957. The molecule has 1 aliphatic carbocycles. The van der Waals surface area contributed by atoms with Crippen LogP contribution in [-0.2, 0) is 5.41 Å². The first-order valence-corrected chi connectivity index (χ1v) is 20.5. The van der Waals surface area contributed by atoms with Gasteiger partial charge in [0.1, 0.15) is 0 Å². The highest BCUT2D eigenvalue weighted by Gasteiger charge is 2.36. The van der Waals surface area contributed by atoms with E-state index < -0.39 is 0 Å². The molecule has 0 aliphatic heterocycles. The van der Waals surface area contributed by atoms with Crippen LogP contribution in [0.2, 0.25) is 0 Å². The van der Waals surface area contributed by atoms with Crippen LogP contribution in [0.1, 0.15) is 25.0 Å². The van der Waals surface area contributed by atoms with Crippen LogP contribution in [0.15, 0.2) is 194 Å². The van der Waals surface area contributed by atoms with Crippen LogP contribution in [0.4, 0.5) is 0 Å². The van der Waals surface area contributed by atoms with Crippen LogP contribution in [0, 0.1) is 0 Å². The Hall–Kier alpha value is -7.56. The Morgan fingerprint density at radius 1 is 0.322 bits per heavy atom. The molecule has 0 saturated carbocycles. The van der Waals surface area contributed by atoms with E-state index in [0.717, 1.165) is 0 Å². The predicted molar refractivity (Wildman–Crippen MR) is 246 cm³/mol. The molecule has 4 heterocycles. The molecule has 0 N–H and O–H groups in total. The SMILES string of the molecule is CC1(C)c2cc(-n3c4ccccc4c4cc5c(ccn5-c5ccccc5)cc43)ccc2-c2ccc(-n3c4ccccc4c4cc5c(ccn5-c5ccccc5)cc43)cc21. The average Bonchev–Trinajstić information content (AvgIpc) is 4.08. The van der Waals surface area contributed by atoms with Gasteiger partial charge in [0, 0.05) is 72.9 Å². The van der Waals surface area contributed by atoms with Gasteiger partial charge in [0.05, 0.1) is 33.1 Å². The second-order valence-electron chi connectivity index (χ2n) is 16.7. The molecule has 13 rings (SSSR count). The number of nitrogens with zero attached hydrogens (tertiary/aromatic N) is 4. The van der Waals surface area contributed by atoms with Gasteiger partial charge >= 0.3 is 0 Å². The molecule has 0 amide bonds. The minimum atomic E-state index is -0.214. The van der Waals surface area contributed by atoms with Crippen LogP contribution in [-0.4, -0.2) is 18.3 Å². The molecule has 0 fully saturated rings. The third kappa shape index (κ3) is 4.49. The van der Waals surface area contributed by atoms with Crippen LogP contribution >= 0.6 is 0 Å². The van der Waals surface area contributed by atoms with E-state index in [0.29, 0.717) is 0 Å². The Morgan fingerprint density at radius 3 is 1.20 bits per heavy atom. The lowest BCUT2D eigenvalue weighted by atomic mass is 9.82. The zero-order chi connectivity index (χ0) is 39.0. The van der Waals surface area contributed by atoms with Gasteiger partial charge in [-0.2, -0.15) is 0 Å². The number of aromatic nitrogens is 4. The highest BCUT2D eigenvalue weighted by atomic mass is 15.0. The second-order valence-corrected chi connectivity index (χ2v) is 16.7. The van der Waals surface area contributed by atoms with E-state index >= 15 is 0 Å². The average molecular weight is 755 g/mol. The van der Waals surface area contributed by atoms with Gasteiger partial charge in [-0.15, -0.1) is 0 Å². The van der Waals surface area contributed by atoms with Crippen molar-refractivity contribution >= 4 is 65.4 Å². The zero-order valence-electron chi connectivity index (χ0n) is 32.8. The van der Waals surface area contributed by atoms with Gasteiger partial charge in [-0.1, -0.05) is 98.8 Å².